The number of aromatic nitrogens is 1. The molecule has 1 saturated heterocycles. The van der Waals surface area contributed by atoms with Crippen LogP contribution in [0, 0.1) is 11.8 Å². The largest absolute Gasteiger partial charge is 0.299 e. The van der Waals surface area contributed by atoms with Gasteiger partial charge in [-0.2, -0.15) is 5.10 Å². The number of nitrogens with one attached hydrogen (secondary N) is 1. The molecule has 0 atom stereocenters. The summed E-state index contributed by atoms with van der Waals surface area (Å²) < 4.78 is 0. The number of carbonyl (C=O) groups is 1. The molecule has 2 heterocycles. The number of carbonyl (C=O) groups excluding carboxylic acids is 1. The van der Waals surface area contributed by atoms with Crippen LogP contribution in [-0.2, 0) is 6.54 Å². The lowest BCUT2D eigenvalue weighted by atomic mass is 9.86. The van der Waals surface area contributed by atoms with Gasteiger partial charge in [0.1, 0.15) is 5.69 Å². The summed E-state index contributed by atoms with van der Waals surface area (Å²) in [7, 11) is 0. The van der Waals surface area contributed by atoms with Gasteiger partial charge in [-0.3, -0.25) is 14.7 Å². The molecular formula is C22H27ClN4O. The fourth-order valence-corrected chi connectivity index (χ4v) is 3.81. The molecule has 148 valence electrons. The van der Waals surface area contributed by atoms with Gasteiger partial charge in [-0.05, 0) is 55.6 Å². The van der Waals surface area contributed by atoms with Gasteiger partial charge < -0.3 is 0 Å². The molecule has 5 nitrogen and oxygen atoms in total. The summed E-state index contributed by atoms with van der Waals surface area (Å²) in [6.45, 7) is 7.12. The molecule has 0 aliphatic carbocycles. The van der Waals surface area contributed by atoms with Crippen LogP contribution in [0.2, 0.25) is 5.02 Å². The lowest BCUT2D eigenvalue weighted by Crippen LogP contribution is -2.38. The fraction of sp³-hybridized carbons (Fsp3) is 0.409. The van der Waals surface area contributed by atoms with Crippen molar-refractivity contribution >= 4 is 23.2 Å². The molecule has 28 heavy (non-hydrogen) atoms. The number of halogens is 1. The molecule has 1 aliphatic heterocycles. The summed E-state index contributed by atoms with van der Waals surface area (Å²) in [5.41, 5.74) is 5.30. The average molecular weight is 399 g/mol. The highest BCUT2D eigenvalue weighted by Crippen LogP contribution is 2.25. The van der Waals surface area contributed by atoms with Crippen molar-refractivity contribution in [1.29, 1.82) is 0 Å². The Hall–Kier alpha value is -2.24. The van der Waals surface area contributed by atoms with Gasteiger partial charge in [0.05, 0.1) is 0 Å². The van der Waals surface area contributed by atoms with Crippen molar-refractivity contribution in [3.8, 4) is 0 Å². The van der Waals surface area contributed by atoms with E-state index in [2.05, 4.69) is 40.3 Å². The molecule has 1 aliphatic rings. The Morgan fingerprint density at radius 2 is 1.93 bits per heavy atom. The monoisotopic (exact) mass is 398 g/mol. The maximum absolute atomic E-state index is 12.2. The highest BCUT2D eigenvalue weighted by molar-refractivity contribution is 6.31. The van der Waals surface area contributed by atoms with Crippen LogP contribution in [0.15, 0.2) is 53.8 Å². The maximum atomic E-state index is 12.2. The minimum absolute atomic E-state index is 0.269. The van der Waals surface area contributed by atoms with E-state index in [0.29, 0.717) is 11.6 Å². The SMILES string of the molecule is CC(C)/C(=N/NC(=O)c1ccccn1)C1CCN(Cc2ccccc2Cl)CC1. The summed E-state index contributed by atoms with van der Waals surface area (Å²) >= 11 is 6.29. The van der Waals surface area contributed by atoms with Crippen LogP contribution >= 0.6 is 11.6 Å². The first-order valence-corrected chi connectivity index (χ1v) is 10.2. The molecule has 0 spiro atoms. The molecule has 1 amide bonds. The first-order chi connectivity index (χ1) is 13.5. The molecule has 6 heteroatoms. The summed E-state index contributed by atoms with van der Waals surface area (Å²) in [4.78, 5) is 18.7. The number of piperidine rings is 1. The van der Waals surface area contributed by atoms with Crippen LogP contribution in [0.5, 0.6) is 0 Å². The van der Waals surface area contributed by atoms with Crippen molar-refractivity contribution in [3.05, 3.63) is 64.9 Å². The van der Waals surface area contributed by atoms with Crippen molar-refractivity contribution in [2.24, 2.45) is 16.9 Å². The maximum Gasteiger partial charge on any atom is 0.289 e. The average Bonchev–Trinajstić information content (AvgIpc) is 2.71. The Morgan fingerprint density at radius 3 is 2.57 bits per heavy atom. The second kappa shape index (κ2) is 9.80. The second-order valence-electron chi connectivity index (χ2n) is 7.49. The van der Waals surface area contributed by atoms with Crippen LogP contribution in [0.4, 0.5) is 0 Å². The lowest BCUT2D eigenvalue weighted by molar-refractivity contribution is 0.0949. The second-order valence-corrected chi connectivity index (χ2v) is 7.90. The van der Waals surface area contributed by atoms with Crippen molar-refractivity contribution in [2.45, 2.75) is 33.2 Å². The van der Waals surface area contributed by atoms with Crippen LogP contribution in [0.3, 0.4) is 0 Å². The number of rotatable bonds is 6. The molecule has 2 aromatic rings. The number of hydrogen-bond acceptors (Lipinski definition) is 4. The molecule has 1 fully saturated rings. The number of hydrogen-bond donors (Lipinski definition) is 1. The zero-order valence-electron chi connectivity index (χ0n) is 16.4. The minimum Gasteiger partial charge on any atom is -0.299 e. The van der Waals surface area contributed by atoms with Crippen molar-refractivity contribution in [2.75, 3.05) is 13.1 Å². The van der Waals surface area contributed by atoms with E-state index in [1.54, 1.807) is 24.4 Å². The number of likely N-dealkylation sites (tertiary alicyclic amines) is 1. The van der Waals surface area contributed by atoms with E-state index in [9.17, 15) is 4.79 Å². The number of pyridine rings is 1. The zero-order chi connectivity index (χ0) is 19.9. The molecule has 0 unspecified atom stereocenters. The van der Waals surface area contributed by atoms with E-state index in [4.69, 9.17) is 11.6 Å². The Morgan fingerprint density at radius 1 is 1.21 bits per heavy atom. The third-order valence-electron chi connectivity index (χ3n) is 5.13. The molecule has 0 bridgehead atoms. The van der Waals surface area contributed by atoms with Crippen LogP contribution < -0.4 is 5.43 Å². The number of benzene rings is 1. The van der Waals surface area contributed by atoms with Crippen LogP contribution in [-0.4, -0.2) is 34.6 Å². The number of amides is 1. The normalized spacial score (nSPS) is 16.4. The number of hydrazone groups is 1. The lowest BCUT2D eigenvalue weighted by Gasteiger charge is -2.33. The van der Waals surface area contributed by atoms with E-state index in [0.717, 1.165) is 43.2 Å². The van der Waals surface area contributed by atoms with Gasteiger partial charge in [-0.15, -0.1) is 0 Å². The summed E-state index contributed by atoms with van der Waals surface area (Å²) in [6.07, 6.45) is 3.67. The molecular weight excluding hydrogens is 372 g/mol. The first-order valence-electron chi connectivity index (χ1n) is 9.79. The predicted molar refractivity (Wildman–Crippen MR) is 113 cm³/mol. The van der Waals surface area contributed by atoms with Gasteiger partial charge in [0.15, 0.2) is 0 Å². The van der Waals surface area contributed by atoms with Crippen LogP contribution in [0.1, 0.15) is 42.7 Å². The topological polar surface area (TPSA) is 57.6 Å². The van der Waals surface area contributed by atoms with E-state index >= 15 is 0 Å². The molecule has 1 aromatic heterocycles. The Labute approximate surface area is 171 Å². The molecule has 1 aromatic carbocycles. The zero-order valence-corrected chi connectivity index (χ0v) is 17.2. The van der Waals surface area contributed by atoms with Gasteiger partial charge in [0.2, 0.25) is 0 Å². The first kappa shape index (κ1) is 20.5. The van der Waals surface area contributed by atoms with Crippen molar-refractivity contribution in [3.63, 3.8) is 0 Å². The standard InChI is InChI=1S/C22H27ClN4O/c1-16(2)21(25-26-22(28)20-9-5-6-12-24-20)17-10-13-27(14-11-17)15-18-7-3-4-8-19(18)23/h3-9,12,16-17H,10-11,13-15H2,1-2H3,(H,26,28)/b25-21-. The minimum atomic E-state index is -0.269. The van der Waals surface area contributed by atoms with Gasteiger partial charge in [-0.25, -0.2) is 5.43 Å². The van der Waals surface area contributed by atoms with E-state index in [1.807, 2.05) is 18.2 Å². The quantitative estimate of drug-likeness (QED) is 0.580. The molecule has 0 saturated carbocycles. The van der Waals surface area contributed by atoms with E-state index in [-0.39, 0.29) is 11.8 Å². The smallest absolute Gasteiger partial charge is 0.289 e. The van der Waals surface area contributed by atoms with Gasteiger partial charge in [0, 0.05) is 29.4 Å². The Kier molecular flexibility index (Phi) is 7.18. The molecule has 1 N–H and O–H groups in total. The fourth-order valence-electron chi connectivity index (χ4n) is 3.62. The third kappa shape index (κ3) is 5.40. The van der Waals surface area contributed by atoms with Crippen LogP contribution in [0.25, 0.3) is 0 Å². The summed E-state index contributed by atoms with van der Waals surface area (Å²) in [5, 5.41) is 5.31. The van der Waals surface area contributed by atoms with E-state index in [1.165, 1.54) is 5.56 Å². The molecule has 3 rings (SSSR count). The van der Waals surface area contributed by atoms with Crippen molar-refractivity contribution in [1.82, 2.24) is 15.3 Å². The Bertz CT molecular complexity index is 814. The third-order valence-corrected chi connectivity index (χ3v) is 5.50. The van der Waals surface area contributed by atoms with E-state index < -0.39 is 0 Å². The molecule has 0 radical (unpaired) electrons. The summed E-state index contributed by atoms with van der Waals surface area (Å²) in [6, 6.07) is 13.3. The van der Waals surface area contributed by atoms with Gasteiger partial charge in [0.25, 0.3) is 5.91 Å². The predicted octanol–water partition coefficient (Wildman–Crippen LogP) is 4.39. The highest BCUT2D eigenvalue weighted by Gasteiger charge is 2.25. The Balaban J connectivity index is 1.58. The van der Waals surface area contributed by atoms with Gasteiger partial charge >= 0.3 is 0 Å². The van der Waals surface area contributed by atoms with Gasteiger partial charge in [-0.1, -0.05) is 49.7 Å². The number of nitrogens with zero attached hydrogens (tertiary/aromatic N) is 3. The van der Waals surface area contributed by atoms with Crippen molar-refractivity contribution < 1.29 is 4.79 Å². The summed E-state index contributed by atoms with van der Waals surface area (Å²) in [5.74, 6) is 0.394. The highest BCUT2D eigenvalue weighted by atomic mass is 35.5.